The molecule has 0 saturated heterocycles. The molecule has 0 atom stereocenters. The Morgan fingerprint density at radius 1 is 1.45 bits per heavy atom. The minimum Gasteiger partial charge on any atom is -0.477 e. The summed E-state index contributed by atoms with van der Waals surface area (Å²) in [5, 5.41) is 8.76. The van der Waals surface area contributed by atoms with Gasteiger partial charge in [-0.25, -0.2) is 18.2 Å². The van der Waals surface area contributed by atoms with E-state index in [0.717, 1.165) is 17.8 Å². The molecule has 9 heteroatoms. The Morgan fingerprint density at radius 2 is 2.15 bits per heavy atom. The summed E-state index contributed by atoms with van der Waals surface area (Å²) < 4.78 is 26.4. The molecule has 3 N–H and O–H groups in total. The number of hydrogen-bond donors (Lipinski definition) is 3. The summed E-state index contributed by atoms with van der Waals surface area (Å²) >= 11 is 5.81. The maximum Gasteiger partial charge on any atom is 0.352 e. The number of aromatic carboxylic acids is 1. The maximum absolute atomic E-state index is 12.1. The first-order valence-corrected chi connectivity index (χ1v) is 7.22. The maximum atomic E-state index is 12.1. The second-order valence-electron chi connectivity index (χ2n) is 4.01. The minimum absolute atomic E-state index is 0.00756. The molecule has 0 spiro atoms. The van der Waals surface area contributed by atoms with Gasteiger partial charge in [0.2, 0.25) is 0 Å². The van der Waals surface area contributed by atoms with E-state index < -0.39 is 16.0 Å². The van der Waals surface area contributed by atoms with Crippen LogP contribution < -0.4 is 4.72 Å². The summed E-state index contributed by atoms with van der Waals surface area (Å²) in [5.41, 5.74) is 0.635. The van der Waals surface area contributed by atoms with Crippen LogP contribution in [-0.2, 0) is 10.0 Å². The van der Waals surface area contributed by atoms with E-state index in [2.05, 4.69) is 14.7 Å². The summed E-state index contributed by atoms with van der Waals surface area (Å²) in [7, 11) is -3.93. The van der Waals surface area contributed by atoms with Crippen LogP contribution in [0, 0.1) is 6.92 Å². The third kappa shape index (κ3) is 2.91. The lowest BCUT2D eigenvalue weighted by atomic mass is 10.3. The number of nitrogens with zero attached hydrogens (tertiary/aromatic N) is 1. The summed E-state index contributed by atoms with van der Waals surface area (Å²) in [6.07, 6.45) is 2.59. The highest BCUT2D eigenvalue weighted by Gasteiger charge is 2.19. The fourth-order valence-corrected chi connectivity index (χ4v) is 2.74. The summed E-state index contributed by atoms with van der Waals surface area (Å²) in [6, 6.07) is 2.54. The number of rotatable bonds is 4. The van der Waals surface area contributed by atoms with Gasteiger partial charge in [-0.3, -0.25) is 4.72 Å². The molecule has 20 heavy (non-hydrogen) atoms. The number of anilines is 1. The van der Waals surface area contributed by atoms with Crippen LogP contribution in [0.15, 0.2) is 29.4 Å². The molecule has 0 aliphatic rings. The standard InChI is InChI=1S/C11H10ClN3O4S/c1-6-2-8(10(12)14-4-6)15-20(18,19)7-3-9(11(16)17)13-5-7/h2-5,13,15H,1H3,(H,16,17). The molecule has 0 saturated carbocycles. The lowest BCUT2D eigenvalue weighted by molar-refractivity contribution is 0.0691. The van der Waals surface area contributed by atoms with Crippen molar-refractivity contribution < 1.29 is 18.3 Å². The third-order valence-electron chi connectivity index (χ3n) is 2.42. The number of nitrogens with one attached hydrogen (secondary N) is 2. The van der Waals surface area contributed by atoms with E-state index in [1.807, 2.05) is 0 Å². The zero-order valence-electron chi connectivity index (χ0n) is 10.2. The van der Waals surface area contributed by atoms with Gasteiger partial charge < -0.3 is 10.1 Å². The highest BCUT2D eigenvalue weighted by molar-refractivity contribution is 7.92. The van der Waals surface area contributed by atoms with Crippen molar-refractivity contribution in [1.29, 1.82) is 0 Å². The van der Waals surface area contributed by atoms with E-state index >= 15 is 0 Å². The van der Waals surface area contributed by atoms with Crippen LogP contribution >= 0.6 is 11.6 Å². The molecule has 106 valence electrons. The number of halogens is 1. The van der Waals surface area contributed by atoms with E-state index in [1.165, 1.54) is 12.3 Å². The Hall–Kier alpha value is -2.06. The molecule has 0 aromatic carbocycles. The topological polar surface area (TPSA) is 112 Å². The summed E-state index contributed by atoms with van der Waals surface area (Å²) in [6.45, 7) is 1.74. The van der Waals surface area contributed by atoms with Crippen molar-refractivity contribution in [3.05, 3.63) is 40.9 Å². The number of sulfonamides is 1. The van der Waals surface area contributed by atoms with Gasteiger partial charge in [-0.2, -0.15) is 0 Å². The van der Waals surface area contributed by atoms with Crippen molar-refractivity contribution in [1.82, 2.24) is 9.97 Å². The second kappa shape index (κ2) is 5.14. The Morgan fingerprint density at radius 3 is 2.75 bits per heavy atom. The summed E-state index contributed by atoms with van der Waals surface area (Å²) in [5.74, 6) is -1.25. The molecule has 0 amide bonds. The molecule has 2 heterocycles. The van der Waals surface area contributed by atoms with Crippen molar-refractivity contribution in [3.63, 3.8) is 0 Å². The van der Waals surface area contributed by atoms with Crippen LogP contribution in [0.3, 0.4) is 0 Å². The van der Waals surface area contributed by atoms with Gasteiger partial charge in [0.1, 0.15) is 10.6 Å². The molecule has 0 unspecified atom stereocenters. The van der Waals surface area contributed by atoms with Gasteiger partial charge in [0.05, 0.1) is 5.69 Å². The van der Waals surface area contributed by atoms with E-state index in [0.29, 0.717) is 0 Å². The van der Waals surface area contributed by atoms with Crippen LogP contribution in [0.2, 0.25) is 5.15 Å². The van der Waals surface area contributed by atoms with Gasteiger partial charge in [0.15, 0.2) is 5.15 Å². The number of aryl methyl sites for hydroxylation is 1. The fourth-order valence-electron chi connectivity index (χ4n) is 1.48. The summed E-state index contributed by atoms with van der Waals surface area (Å²) in [4.78, 5) is 16.7. The largest absolute Gasteiger partial charge is 0.477 e. The molecular formula is C11H10ClN3O4S. The number of pyridine rings is 1. The predicted octanol–water partition coefficient (Wildman–Crippen LogP) is 1.87. The van der Waals surface area contributed by atoms with Crippen LogP contribution in [0.4, 0.5) is 5.69 Å². The zero-order valence-corrected chi connectivity index (χ0v) is 11.8. The fraction of sp³-hybridized carbons (Fsp3) is 0.0909. The van der Waals surface area contributed by atoms with Crippen molar-refractivity contribution in [2.45, 2.75) is 11.8 Å². The van der Waals surface area contributed by atoms with Gasteiger partial charge in [-0.05, 0) is 24.6 Å². The number of carbonyl (C=O) groups is 1. The molecule has 2 rings (SSSR count). The molecule has 0 radical (unpaired) electrons. The average Bonchev–Trinajstić information content (AvgIpc) is 2.84. The van der Waals surface area contributed by atoms with E-state index in [-0.39, 0.29) is 21.4 Å². The number of H-pyrrole nitrogens is 1. The smallest absolute Gasteiger partial charge is 0.352 e. The molecule has 2 aromatic rings. The lowest BCUT2D eigenvalue weighted by Crippen LogP contribution is -2.13. The Kier molecular flexibility index (Phi) is 3.69. The number of hydrogen-bond acceptors (Lipinski definition) is 4. The Balaban J connectivity index is 2.35. The van der Waals surface area contributed by atoms with Gasteiger partial charge in [0, 0.05) is 12.4 Å². The first-order valence-electron chi connectivity index (χ1n) is 5.36. The Bertz CT molecular complexity index is 770. The van der Waals surface area contributed by atoms with Crippen LogP contribution in [0.1, 0.15) is 16.1 Å². The monoisotopic (exact) mass is 315 g/mol. The van der Waals surface area contributed by atoms with E-state index in [1.54, 1.807) is 6.92 Å². The first-order chi connectivity index (χ1) is 9.29. The SMILES string of the molecule is Cc1cnc(Cl)c(NS(=O)(=O)c2c[nH]c(C(=O)O)c2)c1. The quantitative estimate of drug-likeness (QED) is 0.746. The zero-order chi connectivity index (χ0) is 14.9. The van der Waals surface area contributed by atoms with Gasteiger partial charge in [0.25, 0.3) is 10.0 Å². The molecule has 2 aromatic heterocycles. The van der Waals surface area contributed by atoms with Crippen molar-refractivity contribution in [3.8, 4) is 0 Å². The highest BCUT2D eigenvalue weighted by Crippen LogP contribution is 2.23. The van der Waals surface area contributed by atoms with Gasteiger partial charge in [-0.15, -0.1) is 0 Å². The molecule has 0 fully saturated rings. The van der Waals surface area contributed by atoms with Gasteiger partial charge in [-0.1, -0.05) is 11.6 Å². The van der Waals surface area contributed by atoms with Crippen molar-refractivity contribution in [2.24, 2.45) is 0 Å². The molecule has 0 bridgehead atoms. The normalized spacial score (nSPS) is 11.3. The van der Waals surface area contributed by atoms with Gasteiger partial charge >= 0.3 is 5.97 Å². The lowest BCUT2D eigenvalue weighted by Gasteiger charge is -2.08. The number of carboxylic acid groups (broad SMARTS) is 1. The predicted molar refractivity (Wildman–Crippen MR) is 72.5 cm³/mol. The van der Waals surface area contributed by atoms with E-state index in [9.17, 15) is 13.2 Å². The number of carboxylic acids is 1. The molecule has 0 aliphatic carbocycles. The average molecular weight is 316 g/mol. The van der Waals surface area contributed by atoms with Crippen LogP contribution in [-0.4, -0.2) is 29.5 Å². The van der Waals surface area contributed by atoms with Crippen molar-refractivity contribution in [2.75, 3.05) is 4.72 Å². The third-order valence-corrected chi connectivity index (χ3v) is 4.06. The first kappa shape index (κ1) is 14.4. The minimum atomic E-state index is -3.93. The second-order valence-corrected chi connectivity index (χ2v) is 6.05. The van der Waals surface area contributed by atoms with E-state index in [4.69, 9.17) is 16.7 Å². The van der Waals surface area contributed by atoms with Crippen LogP contribution in [0.25, 0.3) is 0 Å². The van der Waals surface area contributed by atoms with Crippen molar-refractivity contribution >= 4 is 33.3 Å². The Labute approximate surface area is 119 Å². The molecule has 7 nitrogen and oxygen atoms in total. The highest BCUT2D eigenvalue weighted by atomic mass is 35.5. The van der Waals surface area contributed by atoms with Crippen LogP contribution in [0.5, 0.6) is 0 Å². The number of aromatic amines is 1. The molecular weight excluding hydrogens is 306 g/mol. The molecule has 0 aliphatic heterocycles. The number of aromatic nitrogens is 2.